The summed E-state index contributed by atoms with van der Waals surface area (Å²) >= 11 is 3.37. The molecule has 1 N–H and O–H groups in total. The van der Waals surface area contributed by atoms with E-state index >= 15 is 0 Å². The molecule has 0 bridgehead atoms. The molecular formula is C16H13BrN2O2. The maximum atomic E-state index is 12.2. The van der Waals surface area contributed by atoms with E-state index in [0.717, 1.165) is 10.2 Å². The summed E-state index contributed by atoms with van der Waals surface area (Å²) in [4.78, 5) is 25.6. The van der Waals surface area contributed by atoms with Crippen molar-refractivity contribution in [1.29, 1.82) is 0 Å². The number of rotatable bonds is 4. The maximum Gasteiger partial charge on any atom is 0.261 e. The van der Waals surface area contributed by atoms with Gasteiger partial charge in [-0.25, -0.2) is 0 Å². The highest BCUT2D eigenvalue weighted by Gasteiger charge is 2.34. The molecule has 0 aromatic heterocycles. The van der Waals surface area contributed by atoms with Crippen molar-refractivity contribution in [2.24, 2.45) is 0 Å². The molecule has 106 valence electrons. The molecule has 0 spiro atoms. The Bertz CT molecular complexity index is 663. The van der Waals surface area contributed by atoms with Crippen LogP contribution in [0.2, 0.25) is 0 Å². The van der Waals surface area contributed by atoms with Gasteiger partial charge < -0.3 is 5.32 Å². The van der Waals surface area contributed by atoms with E-state index in [-0.39, 0.29) is 11.8 Å². The number of nitrogens with zero attached hydrogens (tertiary/aromatic N) is 1. The first kappa shape index (κ1) is 13.8. The third kappa shape index (κ3) is 2.69. The molecule has 1 heterocycles. The Morgan fingerprint density at radius 2 is 1.48 bits per heavy atom. The first-order valence-corrected chi connectivity index (χ1v) is 7.41. The van der Waals surface area contributed by atoms with Crippen LogP contribution in [0.15, 0.2) is 53.0 Å². The molecule has 0 unspecified atom stereocenters. The Morgan fingerprint density at radius 1 is 0.905 bits per heavy atom. The molecule has 0 fully saturated rings. The third-order valence-corrected chi connectivity index (χ3v) is 3.92. The van der Waals surface area contributed by atoms with Crippen molar-refractivity contribution in [2.45, 2.75) is 0 Å². The molecule has 4 nitrogen and oxygen atoms in total. The number of fused-ring (bicyclic) bond motifs is 1. The Morgan fingerprint density at radius 3 is 2.05 bits per heavy atom. The summed E-state index contributed by atoms with van der Waals surface area (Å²) in [5, 5.41) is 3.20. The highest BCUT2D eigenvalue weighted by Crippen LogP contribution is 2.22. The number of imide groups is 1. The van der Waals surface area contributed by atoms with Crippen molar-refractivity contribution in [3.8, 4) is 0 Å². The van der Waals surface area contributed by atoms with Crippen LogP contribution in [0.1, 0.15) is 20.7 Å². The van der Waals surface area contributed by atoms with E-state index < -0.39 is 0 Å². The molecule has 1 aliphatic heterocycles. The third-order valence-electron chi connectivity index (χ3n) is 3.39. The molecular weight excluding hydrogens is 332 g/mol. The van der Waals surface area contributed by atoms with Crippen LogP contribution in [-0.2, 0) is 0 Å². The van der Waals surface area contributed by atoms with E-state index in [9.17, 15) is 9.59 Å². The van der Waals surface area contributed by atoms with Gasteiger partial charge in [-0.1, -0.05) is 28.1 Å². The second-order valence-corrected chi connectivity index (χ2v) is 5.66. The van der Waals surface area contributed by atoms with Crippen LogP contribution in [-0.4, -0.2) is 29.8 Å². The Hall–Kier alpha value is -2.14. The summed E-state index contributed by atoms with van der Waals surface area (Å²) in [5.74, 6) is -0.429. The molecule has 0 saturated carbocycles. The SMILES string of the molecule is O=C1c2ccccc2C(=O)N1CCNc1ccc(Br)cc1. The maximum absolute atomic E-state index is 12.2. The van der Waals surface area contributed by atoms with Gasteiger partial charge in [0.1, 0.15) is 0 Å². The minimum atomic E-state index is -0.215. The number of benzene rings is 2. The van der Waals surface area contributed by atoms with Crippen molar-refractivity contribution < 1.29 is 9.59 Å². The van der Waals surface area contributed by atoms with Crippen LogP contribution in [0.3, 0.4) is 0 Å². The number of halogens is 1. The number of carbonyl (C=O) groups is 2. The van der Waals surface area contributed by atoms with E-state index in [1.165, 1.54) is 4.90 Å². The quantitative estimate of drug-likeness (QED) is 0.866. The Labute approximate surface area is 130 Å². The number of carbonyl (C=O) groups excluding carboxylic acids is 2. The topological polar surface area (TPSA) is 49.4 Å². The highest BCUT2D eigenvalue weighted by atomic mass is 79.9. The number of hydrogen-bond acceptors (Lipinski definition) is 3. The minimum Gasteiger partial charge on any atom is -0.383 e. The van der Waals surface area contributed by atoms with Gasteiger partial charge in [0, 0.05) is 23.2 Å². The van der Waals surface area contributed by atoms with Crippen LogP contribution in [0.4, 0.5) is 5.69 Å². The molecule has 2 amide bonds. The zero-order valence-electron chi connectivity index (χ0n) is 11.2. The zero-order valence-corrected chi connectivity index (χ0v) is 12.8. The average Bonchev–Trinajstić information content (AvgIpc) is 2.75. The lowest BCUT2D eigenvalue weighted by Crippen LogP contribution is -2.34. The number of anilines is 1. The lowest BCUT2D eigenvalue weighted by atomic mass is 10.1. The molecule has 2 aromatic carbocycles. The standard InChI is InChI=1S/C16H13BrN2O2/c17-11-5-7-12(8-6-11)18-9-10-19-15(20)13-3-1-2-4-14(13)16(19)21/h1-8,18H,9-10H2. The van der Waals surface area contributed by atoms with Crippen molar-refractivity contribution in [3.63, 3.8) is 0 Å². The van der Waals surface area contributed by atoms with Gasteiger partial charge in [-0.2, -0.15) is 0 Å². The van der Waals surface area contributed by atoms with Crippen LogP contribution in [0, 0.1) is 0 Å². The fraction of sp³-hybridized carbons (Fsp3) is 0.125. The largest absolute Gasteiger partial charge is 0.383 e. The van der Waals surface area contributed by atoms with Crippen LogP contribution >= 0.6 is 15.9 Å². The van der Waals surface area contributed by atoms with Crippen LogP contribution in [0.5, 0.6) is 0 Å². The molecule has 0 atom stereocenters. The molecule has 0 aliphatic carbocycles. The Kier molecular flexibility index (Phi) is 3.75. The summed E-state index contributed by atoms with van der Waals surface area (Å²) in [6, 6.07) is 14.7. The van der Waals surface area contributed by atoms with E-state index in [1.807, 2.05) is 24.3 Å². The minimum absolute atomic E-state index is 0.215. The fourth-order valence-electron chi connectivity index (χ4n) is 2.32. The second kappa shape index (κ2) is 5.69. The molecule has 21 heavy (non-hydrogen) atoms. The first-order chi connectivity index (χ1) is 10.2. The monoisotopic (exact) mass is 344 g/mol. The van der Waals surface area contributed by atoms with E-state index in [1.54, 1.807) is 24.3 Å². The van der Waals surface area contributed by atoms with Crippen molar-refractivity contribution in [1.82, 2.24) is 4.90 Å². The van der Waals surface area contributed by atoms with Gasteiger partial charge >= 0.3 is 0 Å². The smallest absolute Gasteiger partial charge is 0.261 e. The van der Waals surface area contributed by atoms with Crippen molar-refractivity contribution in [2.75, 3.05) is 18.4 Å². The molecule has 5 heteroatoms. The lowest BCUT2D eigenvalue weighted by molar-refractivity contribution is 0.0660. The van der Waals surface area contributed by atoms with Gasteiger partial charge in [0.2, 0.25) is 0 Å². The summed E-state index contributed by atoms with van der Waals surface area (Å²) in [7, 11) is 0. The second-order valence-electron chi connectivity index (χ2n) is 4.74. The summed E-state index contributed by atoms with van der Waals surface area (Å²) < 4.78 is 1.01. The molecule has 0 radical (unpaired) electrons. The predicted octanol–water partition coefficient (Wildman–Crippen LogP) is 3.16. The average molecular weight is 345 g/mol. The fourth-order valence-corrected chi connectivity index (χ4v) is 2.59. The highest BCUT2D eigenvalue weighted by molar-refractivity contribution is 9.10. The number of hydrogen-bond donors (Lipinski definition) is 1. The molecule has 1 aliphatic rings. The van der Waals surface area contributed by atoms with Gasteiger partial charge in [0.15, 0.2) is 0 Å². The summed E-state index contributed by atoms with van der Waals surface area (Å²) in [6.07, 6.45) is 0. The summed E-state index contributed by atoms with van der Waals surface area (Å²) in [5.41, 5.74) is 1.94. The van der Waals surface area contributed by atoms with Gasteiger partial charge in [0.25, 0.3) is 11.8 Å². The molecule has 2 aromatic rings. The van der Waals surface area contributed by atoms with Crippen molar-refractivity contribution >= 4 is 33.4 Å². The molecule has 3 rings (SSSR count). The predicted molar refractivity (Wildman–Crippen MR) is 84.4 cm³/mol. The number of amides is 2. The van der Waals surface area contributed by atoms with E-state index in [4.69, 9.17) is 0 Å². The normalized spacial score (nSPS) is 13.5. The van der Waals surface area contributed by atoms with Gasteiger partial charge in [-0.3, -0.25) is 14.5 Å². The first-order valence-electron chi connectivity index (χ1n) is 6.61. The molecule has 0 saturated heterocycles. The van der Waals surface area contributed by atoms with E-state index in [2.05, 4.69) is 21.2 Å². The van der Waals surface area contributed by atoms with Gasteiger partial charge in [-0.05, 0) is 36.4 Å². The van der Waals surface area contributed by atoms with Crippen LogP contribution < -0.4 is 5.32 Å². The van der Waals surface area contributed by atoms with Gasteiger partial charge in [-0.15, -0.1) is 0 Å². The Balaban J connectivity index is 1.63. The van der Waals surface area contributed by atoms with Gasteiger partial charge in [0.05, 0.1) is 11.1 Å². The van der Waals surface area contributed by atoms with Crippen molar-refractivity contribution in [3.05, 3.63) is 64.1 Å². The number of nitrogens with one attached hydrogen (secondary N) is 1. The van der Waals surface area contributed by atoms with E-state index in [0.29, 0.717) is 24.2 Å². The zero-order chi connectivity index (χ0) is 14.8. The van der Waals surface area contributed by atoms with Crippen LogP contribution in [0.25, 0.3) is 0 Å². The lowest BCUT2D eigenvalue weighted by Gasteiger charge is -2.14. The summed E-state index contributed by atoms with van der Waals surface area (Å²) in [6.45, 7) is 0.871.